The summed E-state index contributed by atoms with van der Waals surface area (Å²) in [6.45, 7) is 1.57. The van der Waals surface area contributed by atoms with Crippen LogP contribution in [0, 0.1) is 0 Å². The van der Waals surface area contributed by atoms with Crippen LogP contribution in [0.15, 0.2) is 23.8 Å². The van der Waals surface area contributed by atoms with Gasteiger partial charge >= 0.3 is 11.9 Å². The zero-order chi connectivity index (χ0) is 13.0. The number of carboxylic acids is 2. The largest absolute Gasteiger partial charge is 0.478 e. The van der Waals surface area contributed by atoms with Crippen LogP contribution in [-0.2, 0) is 4.79 Å². The monoisotopic (exact) mass is 234 g/mol. The third-order valence-electron chi connectivity index (χ3n) is 2.08. The van der Waals surface area contributed by atoms with Gasteiger partial charge in [-0.1, -0.05) is 6.07 Å². The summed E-state index contributed by atoms with van der Waals surface area (Å²) in [6, 6.07) is 3.87. The van der Waals surface area contributed by atoms with Crippen molar-refractivity contribution in [1.82, 2.24) is 0 Å². The number of hydrogen-bond acceptors (Lipinski definition) is 3. The SMILES string of the molecule is C/C(C=O)=C\c1ccc(C(=O)O)c(C(=O)O)c1. The van der Waals surface area contributed by atoms with Gasteiger partial charge in [0, 0.05) is 0 Å². The lowest BCUT2D eigenvalue weighted by Crippen LogP contribution is -2.08. The van der Waals surface area contributed by atoms with Crippen molar-refractivity contribution in [2.24, 2.45) is 0 Å². The smallest absolute Gasteiger partial charge is 0.336 e. The fraction of sp³-hybridized carbons (Fsp3) is 0.0833. The fourth-order valence-corrected chi connectivity index (χ4v) is 1.31. The van der Waals surface area contributed by atoms with Gasteiger partial charge in [-0.3, -0.25) is 4.79 Å². The van der Waals surface area contributed by atoms with E-state index in [0.29, 0.717) is 17.4 Å². The summed E-state index contributed by atoms with van der Waals surface area (Å²) in [5.74, 6) is -2.62. The Kier molecular flexibility index (Phi) is 3.77. The molecule has 1 aromatic carbocycles. The van der Waals surface area contributed by atoms with Crippen LogP contribution in [0.3, 0.4) is 0 Å². The fourth-order valence-electron chi connectivity index (χ4n) is 1.31. The number of aldehydes is 1. The number of benzene rings is 1. The van der Waals surface area contributed by atoms with Crippen LogP contribution >= 0.6 is 0 Å². The van der Waals surface area contributed by atoms with Gasteiger partial charge in [0.15, 0.2) is 0 Å². The average molecular weight is 234 g/mol. The molecule has 0 amide bonds. The molecule has 0 spiro atoms. The lowest BCUT2D eigenvalue weighted by Gasteiger charge is -2.03. The number of carbonyl (C=O) groups is 3. The van der Waals surface area contributed by atoms with Gasteiger partial charge in [0.25, 0.3) is 0 Å². The quantitative estimate of drug-likeness (QED) is 0.610. The van der Waals surface area contributed by atoms with E-state index in [4.69, 9.17) is 10.2 Å². The number of hydrogen-bond donors (Lipinski definition) is 2. The van der Waals surface area contributed by atoms with E-state index in [9.17, 15) is 14.4 Å². The van der Waals surface area contributed by atoms with Crippen LogP contribution in [0.25, 0.3) is 6.08 Å². The van der Waals surface area contributed by atoms with Crippen molar-refractivity contribution in [1.29, 1.82) is 0 Å². The maximum Gasteiger partial charge on any atom is 0.336 e. The Bertz CT molecular complexity index is 514. The molecule has 0 saturated heterocycles. The van der Waals surface area contributed by atoms with E-state index in [2.05, 4.69) is 0 Å². The Morgan fingerprint density at radius 3 is 2.18 bits per heavy atom. The minimum Gasteiger partial charge on any atom is -0.478 e. The third-order valence-corrected chi connectivity index (χ3v) is 2.08. The zero-order valence-corrected chi connectivity index (χ0v) is 9.01. The molecule has 0 fully saturated rings. The molecule has 5 nitrogen and oxygen atoms in total. The second-order valence-corrected chi connectivity index (χ2v) is 3.42. The van der Waals surface area contributed by atoms with Gasteiger partial charge in [0.2, 0.25) is 0 Å². The predicted molar refractivity (Wildman–Crippen MR) is 60.1 cm³/mol. The van der Waals surface area contributed by atoms with Gasteiger partial charge in [0.1, 0.15) is 6.29 Å². The van der Waals surface area contributed by atoms with Gasteiger partial charge in [-0.2, -0.15) is 0 Å². The highest BCUT2D eigenvalue weighted by atomic mass is 16.4. The summed E-state index contributed by atoms with van der Waals surface area (Å²) >= 11 is 0. The molecule has 0 aliphatic heterocycles. The Morgan fingerprint density at radius 1 is 1.12 bits per heavy atom. The van der Waals surface area contributed by atoms with E-state index in [1.165, 1.54) is 24.3 Å². The highest BCUT2D eigenvalue weighted by Gasteiger charge is 2.15. The molecule has 0 unspecified atom stereocenters. The Balaban J connectivity index is 3.33. The predicted octanol–water partition coefficient (Wildman–Crippen LogP) is 1.69. The van der Waals surface area contributed by atoms with Crippen LogP contribution < -0.4 is 0 Å². The second-order valence-electron chi connectivity index (χ2n) is 3.42. The molecule has 0 saturated carbocycles. The molecule has 2 N–H and O–H groups in total. The summed E-state index contributed by atoms with van der Waals surface area (Å²) in [4.78, 5) is 32.1. The Morgan fingerprint density at radius 2 is 1.71 bits per heavy atom. The number of carbonyl (C=O) groups excluding carboxylic acids is 1. The van der Waals surface area contributed by atoms with E-state index in [1.807, 2.05) is 0 Å². The van der Waals surface area contributed by atoms with E-state index in [0.717, 1.165) is 0 Å². The first-order valence-corrected chi connectivity index (χ1v) is 4.70. The van der Waals surface area contributed by atoms with Crippen LogP contribution in [0.2, 0.25) is 0 Å². The highest BCUT2D eigenvalue weighted by molar-refractivity contribution is 6.02. The number of rotatable bonds is 4. The minimum absolute atomic E-state index is 0.279. The first-order valence-electron chi connectivity index (χ1n) is 4.70. The Hall–Kier alpha value is -2.43. The van der Waals surface area contributed by atoms with Crippen molar-refractivity contribution in [3.63, 3.8) is 0 Å². The topological polar surface area (TPSA) is 91.7 Å². The van der Waals surface area contributed by atoms with Crippen molar-refractivity contribution in [2.45, 2.75) is 6.92 Å². The number of allylic oxidation sites excluding steroid dienone is 1. The first kappa shape index (κ1) is 12.6. The van der Waals surface area contributed by atoms with E-state index < -0.39 is 11.9 Å². The maximum absolute atomic E-state index is 10.9. The summed E-state index contributed by atoms with van der Waals surface area (Å²) in [7, 11) is 0. The highest BCUT2D eigenvalue weighted by Crippen LogP contribution is 2.14. The summed E-state index contributed by atoms with van der Waals surface area (Å²) in [6.07, 6.45) is 2.11. The lowest BCUT2D eigenvalue weighted by molar-refractivity contribution is -0.104. The molecular weight excluding hydrogens is 224 g/mol. The van der Waals surface area contributed by atoms with E-state index in [-0.39, 0.29) is 11.1 Å². The molecule has 0 aromatic heterocycles. The second kappa shape index (κ2) is 5.07. The van der Waals surface area contributed by atoms with Crippen molar-refractivity contribution in [2.75, 3.05) is 0 Å². The van der Waals surface area contributed by atoms with Crippen molar-refractivity contribution in [3.05, 3.63) is 40.5 Å². The van der Waals surface area contributed by atoms with E-state index in [1.54, 1.807) is 6.92 Å². The normalized spacial score (nSPS) is 11.0. The van der Waals surface area contributed by atoms with Crippen LogP contribution in [0.4, 0.5) is 0 Å². The number of carboxylic acid groups (broad SMARTS) is 2. The van der Waals surface area contributed by atoms with Gasteiger partial charge < -0.3 is 10.2 Å². The van der Waals surface area contributed by atoms with Gasteiger partial charge in [-0.05, 0) is 36.3 Å². The molecule has 88 valence electrons. The average Bonchev–Trinajstić information content (AvgIpc) is 2.28. The molecule has 0 atom stereocenters. The molecule has 0 aliphatic rings. The Labute approximate surface area is 97.0 Å². The van der Waals surface area contributed by atoms with Crippen LogP contribution in [0.1, 0.15) is 33.2 Å². The van der Waals surface area contributed by atoms with Gasteiger partial charge in [-0.15, -0.1) is 0 Å². The molecule has 1 aromatic rings. The van der Waals surface area contributed by atoms with Crippen LogP contribution in [-0.4, -0.2) is 28.4 Å². The molecule has 1 rings (SSSR count). The molecule has 17 heavy (non-hydrogen) atoms. The molecule has 5 heteroatoms. The summed E-state index contributed by atoms with van der Waals surface area (Å²) < 4.78 is 0. The molecular formula is C12H10O5. The maximum atomic E-state index is 10.9. The standard InChI is InChI=1S/C12H10O5/c1-7(6-13)4-8-2-3-9(11(14)15)10(5-8)12(16)17/h2-6H,1H3,(H,14,15)(H,16,17)/b7-4+. The van der Waals surface area contributed by atoms with Crippen LogP contribution in [0.5, 0.6) is 0 Å². The summed E-state index contributed by atoms with van der Waals surface area (Å²) in [5.41, 5.74) is 0.310. The minimum atomic E-state index is -1.32. The molecule has 0 bridgehead atoms. The van der Waals surface area contributed by atoms with Crippen molar-refractivity contribution < 1.29 is 24.6 Å². The van der Waals surface area contributed by atoms with Gasteiger partial charge in [0.05, 0.1) is 11.1 Å². The van der Waals surface area contributed by atoms with E-state index >= 15 is 0 Å². The van der Waals surface area contributed by atoms with Crippen molar-refractivity contribution in [3.8, 4) is 0 Å². The number of aromatic carboxylic acids is 2. The molecule has 0 heterocycles. The van der Waals surface area contributed by atoms with Gasteiger partial charge in [-0.25, -0.2) is 9.59 Å². The summed E-state index contributed by atoms with van der Waals surface area (Å²) in [5, 5.41) is 17.7. The lowest BCUT2D eigenvalue weighted by atomic mass is 10.0. The molecule has 0 aliphatic carbocycles. The third kappa shape index (κ3) is 3.01. The first-order chi connectivity index (χ1) is 7.95. The van der Waals surface area contributed by atoms with Crippen molar-refractivity contribution >= 4 is 24.3 Å². The zero-order valence-electron chi connectivity index (χ0n) is 9.01. The molecule has 0 radical (unpaired) electrons.